The van der Waals surface area contributed by atoms with E-state index in [9.17, 15) is 10.3 Å². The number of hydrogen-bond acceptors (Lipinski definition) is 7. The second kappa shape index (κ2) is 8.66. The molecule has 0 aliphatic carbocycles. The van der Waals surface area contributed by atoms with Gasteiger partial charge in [0, 0.05) is 17.9 Å². The lowest BCUT2D eigenvalue weighted by Gasteiger charge is -2.29. The minimum atomic E-state index is -0.606. The van der Waals surface area contributed by atoms with Crippen LogP contribution in [0.15, 0.2) is 59.4 Å². The zero-order valence-corrected chi connectivity index (χ0v) is 16.6. The third-order valence-electron chi connectivity index (χ3n) is 5.08. The maximum atomic E-state index is 12.4. The van der Waals surface area contributed by atoms with Crippen LogP contribution in [0.5, 0.6) is 17.2 Å². The molecule has 30 heavy (non-hydrogen) atoms. The Morgan fingerprint density at radius 2 is 1.97 bits per heavy atom. The number of allylic oxidation sites excluding steroid dienone is 2. The molecule has 0 radical (unpaired) electrons. The van der Waals surface area contributed by atoms with Gasteiger partial charge in [0.2, 0.25) is 18.2 Å². The summed E-state index contributed by atoms with van der Waals surface area (Å²) in [6.45, 7) is 2.91. The number of aliphatic hydroxyl groups excluding tert-OH is 1. The van der Waals surface area contributed by atoms with Crippen molar-refractivity contribution >= 4 is 5.76 Å². The molecule has 2 aromatic carbocycles. The molecule has 0 amide bonds. The van der Waals surface area contributed by atoms with Gasteiger partial charge in [-0.05, 0) is 49.6 Å². The van der Waals surface area contributed by atoms with Crippen molar-refractivity contribution in [2.45, 2.75) is 26.4 Å². The quantitative estimate of drug-likeness (QED) is 0.473. The van der Waals surface area contributed by atoms with Crippen LogP contribution in [0.1, 0.15) is 30.9 Å². The molecule has 2 aliphatic heterocycles. The van der Waals surface area contributed by atoms with E-state index in [1.807, 2.05) is 18.2 Å². The maximum Gasteiger partial charge on any atom is 0.231 e. The van der Waals surface area contributed by atoms with Crippen LogP contribution >= 0.6 is 0 Å². The SMILES string of the molecule is C/C(C1=C(O)c2ccccc2O[NH+]1[O-])=C(/N)CCCOCc1ccc2c(c1)OCO2. The molecular weight excluding hydrogens is 388 g/mol. The van der Waals surface area contributed by atoms with Gasteiger partial charge in [-0.15, -0.1) is 5.23 Å². The first-order valence-corrected chi connectivity index (χ1v) is 9.71. The molecule has 0 fully saturated rings. The molecule has 8 nitrogen and oxygen atoms in total. The summed E-state index contributed by atoms with van der Waals surface area (Å²) in [7, 11) is 0. The van der Waals surface area contributed by atoms with Gasteiger partial charge in [-0.2, -0.15) is 0 Å². The number of benzene rings is 2. The van der Waals surface area contributed by atoms with Crippen molar-refractivity contribution in [1.29, 1.82) is 0 Å². The first-order chi connectivity index (χ1) is 14.5. The monoisotopic (exact) mass is 412 g/mol. The highest BCUT2D eigenvalue weighted by molar-refractivity contribution is 5.69. The second-order valence-electron chi connectivity index (χ2n) is 7.10. The van der Waals surface area contributed by atoms with Gasteiger partial charge in [0.1, 0.15) is 0 Å². The molecule has 4 N–H and O–H groups in total. The number of nitrogens with two attached hydrogens (primary N) is 1. The zero-order chi connectivity index (χ0) is 21.1. The molecule has 0 saturated heterocycles. The summed E-state index contributed by atoms with van der Waals surface area (Å²) in [4.78, 5) is 5.32. The predicted molar refractivity (Wildman–Crippen MR) is 109 cm³/mol. The lowest BCUT2D eigenvalue weighted by Crippen LogP contribution is -3.08. The average molecular weight is 412 g/mol. The van der Waals surface area contributed by atoms with E-state index in [2.05, 4.69) is 0 Å². The molecule has 158 valence electrons. The fourth-order valence-corrected chi connectivity index (χ4v) is 3.40. The number of hydroxylamine groups is 2. The molecule has 1 atom stereocenters. The number of ether oxygens (including phenoxy) is 3. The molecule has 2 aliphatic rings. The van der Waals surface area contributed by atoms with E-state index in [-0.39, 0.29) is 18.2 Å². The number of aliphatic hydroxyl groups is 1. The summed E-state index contributed by atoms with van der Waals surface area (Å²) in [5.74, 6) is 1.70. The summed E-state index contributed by atoms with van der Waals surface area (Å²) < 4.78 is 16.4. The van der Waals surface area contributed by atoms with Crippen molar-refractivity contribution in [3.05, 3.63) is 75.8 Å². The van der Waals surface area contributed by atoms with Gasteiger partial charge in [-0.3, -0.25) is 0 Å². The molecule has 2 heterocycles. The van der Waals surface area contributed by atoms with Crippen LogP contribution in [0.4, 0.5) is 0 Å². The summed E-state index contributed by atoms with van der Waals surface area (Å²) in [5, 5.41) is 22.3. The maximum absolute atomic E-state index is 12.4. The van der Waals surface area contributed by atoms with Crippen LogP contribution in [-0.2, 0) is 11.3 Å². The molecule has 0 spiro atoms. The average Bonchev–Trinajstić information content (AvgIpc) is 3.21. The fraction of sp³-hybridized carbons (Fsp3) is 0.273. The van der Waals surface area contributed by atoms with Gasteiger partial charge in [0.25, 0.3) is 0 Å². The van der Waals surface area contributed by atoms with E-state index >= 15 is 0 Å². The summed E-state index contributed by atoms with van der Waals surface area (Å²) in [6.07, 6.45) is 1.20. The third-order valence-corrected chi connectivity index (χ3v) is 5.08. The molecule has 8 heteroatoms. The first-order valence-electron chi connectivity index (χ1n) is 9.71. The molecule has 4 rings (SSSR count). The van der Waals surface area contributed by atoms with Gasteiger partial charge in [-0.1, -0.05) is 18.2 Å². The Morgan fingerprint density at radius 1 is 1.17 bits per heavy atom. The summed E-state index contributed by atoms with van der Waals surface area (Å²) in [5.41, 5.74) is 8.80. The Hall–Kier alpha value is -3.20. The molecular formula is C22H24N2O6. The van der Waals surface area contributed by atoms with E-state index < -0.39 is 5.23 Å². The van der Waals surface area contributed by atoms with Crippen molar-refractivity contribution < 1.29 is 29.4 Å². The number of nitrogens with one attached hydrogen (secondary N) is 1. The van der Waals surface area contributed by atoms with Crippen molar-refractivity contribution in [2.24, 2.45) is 5.73 Å². The van der Waals surface area contributed by atoms with Crippen LogP contribution in [0.3, 0.4) is 0 Å². The van der Waals surface area contributed by atoms with Gasteiger partial charge in [-0.25, -0.2) is 0 Å². The topological polar surface area (TPSA) is 111 Å². The van der Waals surface area contributed by atoms with Crippen molar-refractivity contribution in [3.63, 3.8) is 0 Å². The van der Waals surface area contributed by atoms with Crippen molar-refractivity contribution in [3.8, 4) is 17.2 Å². The second-order valence-corrected chi connectivity index (χ2v) is 7.10. The third kappa shape index (κ3) is 4.06. The molecule has 1 unspecified atom stereocenters. The Bertz CT molecular complexity index is 1000. The van der Waals surface area contributed by atoms with E-state index in [0.29, 0.717) is 48.6 Å². The number of quaternary nitrogens is 1. The van der Waals surface area contributed by atoms with Crippen LogP contribution in [0.2, 0.25) is 0 Å². The summed E-state index contributed by atoms with van der Waals surface area (Å²) in [6, 6.07) is 12.6. The Morgan fingerprint density at radius 3 is 2.83 bits per heavy atom. The van der Waals surface area contributed by atoms with E-state index in [1.165, 1.54) is 0 Å². The molecule has 2 aromatic rings. The van der Waals surface area contributed by atoms with Crippen LogP contribution in [-0.4, -0.2) is 18.5 Å². The van der Waals surface area contributed by atoms with Gasteiger partial charge in [0.15, 0.2) is 17.3 Å². The minimum Gasteiger partial charge on any atom is -0.585 e. The standard InChI is InChI=1S/C22H24N2O6/c1-14(21-22(25)16-5-2-3-7-18(16)30-24(21)26)17(23)6-4-10-27-12-15-8-9-19-20(11-15)29-13-28-19/h2-3,5,7-9,11,24-25H,4,6,10,12-13,23H2,1H3/b17-14-. The molecule has 0 saturated carbocycles. The number of fused-ring (bicyclic) bond motifs is 2. The number of hydrogen-bond donors (Lipinski definition) is 3. The first kappa shape index (κ1) is 20.1. The molecule has 0 aromatic heterocycles. The normalized spacial score (nSPS) is 18.0. The van der Waals surface area contributed by atoms with Crippen LogP contribution in [0.25, 0.3) is 5.76 Å². The lowest BCUT2D eigenvalue weighted by atomic mass is 10.0. The molecule has 0 bridgehead atoms. The Balaban J connectivity index is 1.33. The smallest absolute Gasteiger partial charge is 0.231 e. The largest absolute Gasteiger partial charge is 0.585 e. The van der Waals surface area contributed by atoms with Gasteiger partial charge < -0.3 is 35.1 Å². The van der Waals surface area contributed by atoms with E-state index in [0.717, 1.165) is 17.1 Å². The zero-order valence-electron chi connectivity index (χ0n) is 16.6. The van der Waals surface area contributed by atoms with Gasteiger partial charge >= 0.3 is 0 Å². The van der Waals surface area contributed by atoms with Crippen molar-refractivity contribution in [1.82, 2.24) is 0 Å². The van der Waals surface area contributed by atoms with Crippen LogP contribution < -0.4 is 25.3 Å². The van der Waals surface area contributed by atoms with Gasteiger partial charge in [0.05, 0.1) is 12.2 Å². The highest BCUT2D eigenvalue weighted by Crippen LogP contribution is 2.33. The Kier molecular flexibility index (Phi) is 5.80. The Labute approximate surface area is 174 Å². The van der Waals surface area contributed by atoms with E-state index in [4.69, 9.17) is 24.8 Å². The lowest BCUT2D eigenvalue weighted by molar-refractivity contribution is -0.986. The van der Waals surface area contributed by atoms with Crippen molar-refractivity contribution in [2.75, 3.05) is 13.4 Å². The predicted octanol–water partition coefficient (Wildman–Crippen LogP) is 2.56. The highest BCUT2D eigenvalue weighted by atomic mass is 16.9. The number of para-hydroxylation sites is 1. The van der Waals surface area contributed by atoms with E-state index in [1.54, 1.807) is 31.2 Å². The highest BCUT2D eigenvalue weighted by Gasteiger charge is 2.29. The fourth-order valence-electron chi connectivity index (χ4n) is 3.40. The minimum absolute atomic E-state index is 0.104. The number of rotatable bonds is 7. The van der Waals surface area contributed by atoms with Crippen LogP contribution in [0, 0.1) is 5.21 Å². The summed E-state index contributed by atoms with van der Waals surface area (Å²) >= 11 is 0.